The standard InChI is InChI=1S/C14H12ClNO3S2/c1-8-6-9(14(18)19)13(21-8)16-12(17)7-20-11-5-3-2-4-10(11)15/h2-6H,7H2,1H3,(H,16,17)(H,18,19). The number of thioether (sulfide) groups is 1. The highest BCUT2D eigenvalue weighted by Crippen LogP contribution is 2.29. The Kier molecular flexibility index (Phi) is 5.27. The highest BCUT2D eigenvalue weighted by Gasteiger charge is 2.16. The number of carboxylic acid groups (broad SMARTS) is 1. The third-order valence-electron chi connectivity index (χ3n) is 2.53. The Bertz CT molecular complexity index is 685. The van der Waals surface area contributed by atoms with Crippen LogP contribution in [-0.2, 0) is 4.79 Å². The lowest BCUT2D eigenvalue weighted by Gasteiger charge is -2.05. The maximum Gasteiger partial charge on any atom is 0.338 e. The summed E-state index contributed by atoms with van der Waals surface area (Å²) in [5.74, 6) is -1.14. The predicted octanol–water partition coefficient (Wildman–Crippen LogP) is 4.14. The fraction of sp³-hybridized carbons (Fsp3) is 0.143. The highest BCUT2D eigenvalue weighted by molar-refractivity contribution is 8.00. The molecule has 0 fully saturated rings. The fourth-order valence-electron chi connectivity index (χ4n) is 1.63. The number of hydrogen-bond acceptors (Lipinski definition) is 4. The average Bonchev–Trinajstić information content (AvgIpc) is 2.79. The molecule has 2 aromatic rings. The molecule has 0 aliphatic heterocycles. The van der Waals surface area contributed by atoms with Crippen LogP contribution in [-0.4, -0.2) is 22.7 Å². The minimum absolute atomic E-state index is 0.119. The summed E-state index contributed by atoms with van der Waals surface area (Å²) in [6.07, 6.45) is 0. The smallest absolute Gasteiger partial charge is 0.338 e. The number of anilines is 1. The topological polar surface area (TPSA) is 66.4 Å². The number of nitrogens with one attached hydrogen (secondary N) is 1. The fourth-order valence-corrected chi connectivity index (χ4v) is 3.59. The van der Waals surface area contributed by atoms with E-state index in [1.807, 2.05) is 18.2 Å². The Hall–Kier alpha value is -1.50. The van der Waals surface area contributed by atoms with Crippen LogP contribution in [0.15, 0.2) is 35.2 Å². The van der Waals surface area contributed by atoms with Gasteiger partial charge in [0.15, 0.2) is 0 Å². The van der Waals surface area contributed by atoms with Crippen LogP contribution in [0.5, 0.6) is 0 Å². The number of carboxylic acids is 1. The van der Waals surface area contributed by atoms with Gasteiger partial charge in [0.05, 0.1) is 16.3 Å². The van der Waals surface area contributed by atoms with E-state index in [2.05, 4.69) is 5.32 Å². The number of aromatic carboxylic acids is 1. The van der Waals surface area contributed by atoms with Crippen LogP contribution >= 0.6 is 34.7 Å². The van der Waals surface area contributed by atoms with E-state index in [4.69, 9.17) is 16.7 Å². The van der Waals surface area contributed by atoms with Crippen LogP contribution in [0.25, 0.3) is 0 Å². The maximum absolute atomic E-state index is 11.9. The number of aryl methyl sites for hydroxylation is 1. The van der Waals surface area contributed by atoms with Crippen molar-refractivity contribution in [2.24, 2.45) is 0 Å². The zero-order chi connectivity index (χ0) is 15.4. The number of hydrogen-bond donors (Lipinski definition) is 2. The summed E-state index contributed by atoms with van der Waals surface area (Å²) in [5.41, 5.74) is 0.119. The second kappa shape index (κ2) is 6.98. The van der Waals surface area contributed by atoms with Crippen molar-refractivity contribution in [1.29, 1.82) is 0 Å². The molecule has 1 aromatic carbocycles. The molecule has 1 heterocycles. The first-order chi connectivity index (χ1) is 9.97. The van der Waals surface area contributed by atoms with Crippen LogP contribution < -0.4 is 5.32 Å². The van der Waals surface area contributed by atoms with Gasteiger partial charge in [-0.3, -0.25) is 4.79 Å². The molecule has 1 amide bonds. The first kappa shape index (κ1) is 15.9. The Morgan fingerprint density at radius 2 is 2.10 bits per heavy atom. The van der Waals surface area contributed by atoms with E-state index in [0.717, 1.165) is 9.77 Å². The van der Waals surface area contributed by atoms with Gasteiger partial charge in [-0.25, -0.2) is 4.79 Å². The summed E-state index contributed by atoms with van der Waals surface area (Å²) in [4.78, 5) is 24.6. The molecule has 0 saturated heterocycles. The van der Waals surface area contributed by atoms with Gasteiger partial charge in [-0.15, -0.1) is 23.1 Å². The average molecular weight is 342 g/mol. The minimum atomic E-state index is -1.05. The van der Waals surface area contributed by atoms with Crippen molar-refractivity contribution < 1.29 is 14.7 Å². The van der Waals surface area contributed by atoms with E-state index in [-0.39, 0.29) is 17.2 Å². The molecule has 0 unspecified atom stereocenters. The van der Waals surface area contributed by atoms with Gasteiger partial charge < -0.3 is 10.4 Å². The van der Waals surface area contributed by atoms with Crippen molar-refractivity contribution >= 4 is 51.6 Å². The first-order valence-electron chi connectivity index (χ1n) is 5.98. The third kappa shape index (κ3) is 4.23. The van der Waals surface area contributed by atoms with Crippen LogP contribution in [0, 0.1) is 6.92 Å². The van der Waals surface area contributed by atoms with Gasteiger partial charge in [0.1, 0.15) is 5.00 Å². The molecule has 0 spiro atoms. The van der Waals surface area contributed by atoms with E-state index in [0.29, 0.717) is 10.0 Å². The monoisotopic (exact) mass is 341 g/mol. The largest absolute Gasteiger partial charge is 0.478 e. The quantitative estimate of drug-likeness (QED) is 0.802. The van der Waals surface area contributed by atoms with E-state index < -0.39 is 5.97 Å². The number of halogens is 1. The van der Waals surface area contributed by atoms with Crippen LogP contribution in [0.3, 0.4) is 0 Å². The van der Waals surface area contributed by atoms with Crippen molar-refractivity contribution in [2.45, 2.75) is 11.8 Å². The number of rotatable bonds is 5. The van der Waals surface area contributed by atoms with Gasteiger partial charge in [0.2, 0.25) is 5.91 Å². The number of benzene rings is 1. The maximum atomic E-state index is 11.9. The molecule has 0 radical (unpaired) electrons. The Balaban J connectivity index is 1.99. The normalized spacial score (nSPS) is 10.4. The van der Waals surface area contributed by atoms with Crippen LogP contribution in [0.4, 0.5) is 5.00 Å². The van der Waals surface area contributed by atoms with Gasteiger partial charge in [0.25, 0.3) is 0 Å². The molecule has 0 bridgehead atoms. The summed E-state index contributed by atoms with van der Waals surface area (Å²) < 4.78 is 0. The number of amides is 1. The molecule has 2 N–H and O–H groups in total. The van der Waals surface area contributed by atoms with E-state index >= 15 is 0 Å². The second-order valence-corrected chi connectivity index (χ2v) is 6.85. The second-order valence-electron chi connectivity index (χ2n) is 4.17. The molecule has 0 saturated carbocycles. The zero-order valence-electron chi connectivity index (χ0n) is 11.1. The summed E-state index contributed by atoms with van der Waals surface area (Å²) in [6.45, 7) is 1.80. The van der Waals surface area contributed by atoms with E-state index in [9.17, 15) is 9.59 Å². The summed E-state index contributed by atoms with van der Waals surface area (Å²) in [7, 11) is 0. The Morgan fingerprint density at radius 3 is 2.76 bits per heavy atom. The Labute approximate surface area is 135 Å². The van der Waals surface area contributed by atoms with Gasteiger partial charge in [-0.05, 0) is 25.1 Å². The molecule has 21 heavy (non-hydrogen) atoms. The first-order valence-corrected chi connectivity index (χ1v) is 8.16. The van der Waals surface area contributed by atoms with Crippen LogP contribution in [0.1, 0.15) is 15.2 Å². The van der Waals surface area contributed by atoms with Crippen molar-refractivity contribution in [3.8, 4) is 0 Å². The summed E-state index contributed by atoms with van der Waals surface area (Å²) >= 11 is 8.57. The Morgan fingerprint density at radius 1 is 1.38 bits per heavy atom. The molecule has 0 aliphatic rings. The molecule has 2 rings (SSSR count). The summed E-state index contributed by atoms with van der Waals surface area (Å²) in [6, 6.07) is 8.80. The lowest BCUT2D eigenvalue weighted by Crippen LogP contribution is -2.15. The zero-order valence-corrected chi connectivity index (χ0v) is 13.4. The van der Waals surface area contributed by atoms with Crippen LogP contribution in [0.2, 0.25) is 5.02 Å². The molecule has 1 aromatic heterocycles. The lowest BCUT2D eigenvalue weighted by atomic mass is 10.3. The number of carbonyl (C=O) groups is 2. The minimum Gasteiger partial charge on any atom is -0.478 e. The third-order valence-corrected chi connectivity index (χ3v) is 5.02. The van der Waals surface area contributed by atoms with Gasteiger partial charge in [0, 0.05) is 9.77 Å². The molecule has 7 heteroatoms. The van der Waals surface area contributed by atoms with Crippen molar-refractivity contribution in [2.75, 3.05) is 11.1 Å². The number of thiophene rings is 1. The molecular weight excluding hydrogens is 330 g/mol. The van der Waals surface area contributed by atoms with Crippen molar-refractivity contribution in [3.63, 3.8) is 0 Å². The SMILES string of the molecule is Cc1cc(C(=O)O)c(NC(=O)CSc2ccccc2Cl)s1. The predicted molar refractivity (Wildman–Crippen MR) is 86.8 cm³/mol. The van der Waals surface area contributed by atoms with Gasteiger partial charge in [-0.1, -0.05) is 23.7 Å². The molecule has 0 atom stereocenters. The van der Waals surface area contributed by atoms with Gasteiger partial charge >= 0.3 is 5.97 Å². The van der Waals surface area contributed by atoms with Crippen molar-refractivity contribution in [3.05, 3.63) is 45.8 Å². The molecule has 110 valence electrons. The summed E-state index contributed by atoms with van der Waals surface area (Å²) in [5, 5.41) is 12.7. The lowest BCUT2D eigenvalue weighted by molar-refractivity contribution is -0.113. The molecular formula is C14H12ClNO3S2. The van der Waals surface area contributed by atoms with E-state index in [1.54, 1.807) is 19.1 Å². The molecule has 0 aliphatic carbocycles. The highest BCUT2D eigenvalue weighted by atomic mass is 35.5. The van der Waals surface area contributed by atoms with Crippen molar-refractivity contribution in [1.82, 2.24) is 0 Å². The number of carbonyl (C=O) groups excluding carboxylic acids is 1. The van der Waals surface area contributed by atoms with E-state index in [1.165, 1.54) is 23.1 Å². The molecule has 4 nitrogen and oxygen atoms in total. The van der Waals surface area contributed by atoms with Gasteiger partial charge in [-0.2, -0.15) is 0 Å².